The summed E-state index contributed by atoms with van der Waals surface area (Å²) in [5.41, 5.74) is 0.0488. The van der Waals surface area contributed by atoms with Gasteiger partial charge in [-0.15, -0.1) is 0 Å². The highest BCUT2D eigenvalue weighted by molar-refractivity contribution is 5.98. The van der Waals surface area contributed by atoms with E-state index >= 15 is 0 Å². The Balaban J connectivity index is 1.84. The summed E-state index contributed by atoms with van der Waals surface area (Å²) in [6, 6.07) is 14.2. The molecule has 0 saturated carbocycles. The number of nitrogens with one attached hydrogen (secondary N) is 1. The molecular formula is C28H28F3N7O3. The minimum Gasteiger partial charge on any atom is -0.444 e. The molecule has 41 heavy (non-hydrogen) atoms. The van der Waals surface area contributed by atoms with Crippen molar-refractivity contribution >= 4 is 17.7 Å². The van der Waals surface area contributed by atoms with E-state index in [4.69, 9.17) is 4.74 Å². The first-order valence-corrected chi connectivity index (χ1v) is 12.6. The summed E-state index contributed by atoms with van der Waals surface area (Å²) in [7, 11) is 0. The topological polar surface area (TPSA) is 117 Å². The van der Waals surface area contributed by atoms with Gasteiger partial charge in [0.05, 0.1) is 18.8 Å². The normalized spacial score (nSPS) is 12.4. The Morgan fingerprint density at radius 3 is 2.24 bits per heavy atom. The van der Waals surface area contributed by atoms with E-state index in [9.17, 15) is 22.8 Å². The Morgan fingerprint density at radius 2 is 1.63 bits per heavy atom. The van der Waals surface area contributed by atoms with Crippen LogP contribution in [-0.4, -0.2) is 60.4 Å². The predicted octanol–water partition coefficient (Wildman–Crippen LogP) is 5.34. The zero-order valence-corrected chi connectivity index (χ0v) is 22.5. The molecule has 0 aliphatic carbocycles. The Hall–Kier alpha value is -4.81. The lowest BCUT2D eigenvalue weighted by Gasteiger charge is -2.35. The van der Waals surface area contributed by atoms with E-state index < -0.39 is 36.4 Å². The largest absolute Gasteiger partial charge is 0.471 e. The third-order valence-electron chi connectivity index (χ3n) is 5.69. The summed E-state index contributed by atoms with van der Waals surface area (Å²) in [5, 5.41) is 6.85. The van der Waals surface area contributed by atoms with Crippen molar-refractivity contribution in [3.63, 3.8) is 0 Å². The molecule has 4 aromatic rings. The number of anilines is 1. The number of ether oxygens (including phenoxy) is 1. The smallest absolute Gasteiger partial charge is 0.444 e. The summed E-state index contributed by atoms with van der Waals surface area (Å²) < 4.78 is 47.7. The number of carbonyl (C=O) groups excluding carboxylic acids is 2. The van der Waals surface area contributed by atoms with Gasteiger partial charge >= 0.3 is 18.2 Å². The number of pyridine rings is 2. The average Bonchev–Trinajstić information content (AvgIpc) is 3.42. The van der Waals surface area contributed by atoms with Crippen molar-refractivity contribution in [2.75, 3.05) is 11.4 Å². The Labute approximate surface area is 234 Å². The molecule has 4 rings (SSSR count). The monoisotopic (exact) mass is 567 g/mol. The number of amides is 2. The Kier molecular flexibility index (Phi) is 8.65. The standard InChI is InChI=1S/C28H28F3N7O3/c1-27(2,3)41-26(40)37(17-20-9-7-8-14-33-20)18-22(24-34-23(35-36-24)19-12-15-32-16-13-19)38(25(39)28(29,30)31)21-10-5-4-6-11-21/h4-16,22H,17-18H2,1-3H3,(H,34,35,36). The van der Waals surface area contributed by atoms with Crippen molar-refractivity contribution in [2.45, 2.75) is 45.1 Å². The SMILES string of the molecule is CC(C)(C)OC(=O)N(Cc1ccccn1)CC(c1nc(-c2ccncc2)n[nH]1)N(C(=O)C(F)(F)F)c1ccccc1. The van der Waals surface area contributed by atoms with Crippen LogP contribution in [0.3, 0.4) is 0 Å². The number of aromatic nitrogens is 5. The minimum atomic E-state index is -5.24. The molecule has 13 heteroatoms. The number of hydrogen-bond donors (Lipinski definition) is 1. The lowest BCUT2D eigenvalue weighted by atomic mass is 10.1. The van der Waals surface area contributed by atoms with Crippen LogP contribution in [0.2, 0.25) is 0 Å². The number of alkyl halides is 3. The molecule has 1 atom stereocenters. The highest BCUT2D eigenvalue weighted by atomic mass is 19.4. The molecule has 0 radical (unpaired) electrons. The lowest BCUT2D eigenvalue weighted by Crippen LogP contribution is -2.49. The maximum absolute atomic E-state index is 14.0. The third-order valence-corrected chi connectivity index (χ3v) is 5.69. The summed E-state index contributed by atoms with van der Waals surface area (Å²) >= 11 is 0. The van der Waals surface area contributed by atoms with E-state index in [-0.39, 0.29) is 23.9 Å². The first-order chi connectivity index (χ1) is 19.4. The van der Waals surface area contributed by atoms with E-state index in [1.165, 1.54) is 47.8 Å². The highest BCUT2D eigenvalue weighted by Crippen LogP contribution is 2.33. The quantitative estimate of drug-likeness (QED) is 0.306. The van der Waals surface area contributed by atoms with Crippen LogP contribution in [-0.2, 0) is 16.1 Å². The molecule has 1 N–H and O–H groups in total. The number of carbonyl (C=O) groups is 2. The van der Waals surface area contributed by atoms with E-state index in [0.717, 1.165) is 0 Å². The molecule has 0 fully saturated rings. The van der Waals surface area contributed by atoms with Gasteiger partial charge in [-0.05, 0) is 57.2 Å². The molecule has 0 aliphatic rings. The van der Waals surface area contributed by atoms with Crippen molar-refractivity contribution in [2.24, 2.45) is 0 Å². The molecule has 1 aromatic carbocycles. The van der Waals surface area contributed by atoms with Gasteiger partial charge in [0.25, 0.3) is 0 Å². The maximum atomic E-state index is 14.0. The number of benzene rings is 1. The lowest BCUT2D eigenvalue weighted by molar-refractivity contribution is -0.171. The fourth-order valence-corrected chi connectivity index (χ4v) is 3.93. The molecule has 10 nitrogen and oxygen atoms in total. The molecular weight excluding hydrogens is 539 g/mol. The van der Waals surface area contributed by atoms with E-state index in [2.05, 4.69) is 25.1 Å². The number of nitrogens with zero attached hydrogens (tertiary/aromatic N) is 6. The van der Waals surface area contributed by atoms with Crippen molar-refractivity contribution in [1.82, 2.24) is 30.0 Å². The second-order valence-electron chi connectivity index (χ2n) is 9.99. The van der Waals surface area contributed by atoms with Gasteiger partial charge in [-0.1, -0.05) is 24.3 Å². The fraction of sp³-hybridized carbons (Fsp3) is 0.286. The summed E-state index contributed by atoms with van der Waals surface area (Å²) in [4.78, 5) is 40.7. The van der Waals surface area contributed by atoms with Crippen LogP contribution in [0.25, 0.3) is 11.4 Å². The van der Waals surface area contributed by atoms with Gasteiger partial charge in [0.2, 0.25) is 0 Å². The van der Waals surface area contributed by atoms with Crippen molar-refractivity contribution in [1.29, 1.82) is 0 Å². The van der Waals surface area contributed by atoms with Crippen LogP contribution >= 0.6 is 0 Å². The van der Waals surface area contributed by atoms with Crippen molar-refractivity contribution < 1.29 is 27.5 Å². The molecule has 2 amide bonds. The molecule has 0 spiro atoms. The zero-order valence-electron chi connectivity index (χ0n) is 22.5. The highest BCUT2D eigenvalue weighted by Gasteiger charge is 2.47. The zero-order chi connectivity index (χ0) is 29.6. The number of H-pyrrole nitrogens is 1. The van der Waals surface area contributed by atoms with E-state index in [1.807, 2.05) is 0 Å². The predicted molar refractivity (Wildman–Crippen MR) is 143 cm³/mol. The van der Waals surface area contributed by atoms with Crippen LogP contribution in [0.5, 0.6) is 0 Å². The van der Waals surface area contributed by atoms with Crippen LogP contribution in [0.1, 0.15) is 38.3 Å². The second-order valence-corrected chi connectivity index (χ2v) is 9.99. The first-order valence-electron chi connectivity index (χ1n) is 12.6. The first kappa shape index (κ1) is 29.2. The van der Waals surface area contributed by atoms with Gasteiger partial charge < -0.3 is 4.74 Å². The van der Waals surface area contributed by atoms with Gasteiger partial charge in [-0.25, -0.2) is 9.78 Å². The molecule has 3 aromatic heterocycles. The Morgan fingerprint density at radius 1 is 0.951 bits per heavy atom. The van der Waals surface area contributed by atoms with Crippen LogP contribution in [0.15, 0.2) is 79.3 Å². The van der Waals surface area contributed by atoms with Gasteiger partial charge in [0.1, 0.15) is 17.5 Å². The summed E-state index contributed by atoms with van der Waals surface area (Å²) in [6.45, 7) is 4.46. The molecule has 214 valence electrons. The van der Waals surface area contributed by atoms with Crippen LogP contribution in [0.4, 0.5) is 23.7 Å². The van der Waals surface area contributed by atoms with Gasteiger partial charge in [0.15, 0.2) is 5.82 Å². The number of rotatable bonds is 8. The van der Waals surface area contributed by atoms with Crippen LogP contribution in [0, 0.1) is 0 Å². The average molecular weight is 568 g/mol. The third kappa shape index (κ3) is 7.65. The fourth-order valence-electron chi connectivity index (χ4n) is 3.93. The molecule has 0 bridgehead atoms. The number of hydrogen-bond acceptors (Lipinski definition) is 7. The summed E-state index contributed by atoms with van der Waals surface area (Å²) in [6.07, 6.45) is -1.48. The van der Waals surface area contributed by atoms with E-state index in [1.54, 1.807) is 57.2 Å². The van der Waals surface area contributed by atoms with Gasteiger partial charge in [0, 0.05) is 29.8 Å². The van der Waals surface area contributed by atoms with Gasteiger partial charge in [-0.2, -0.15) is 18.3 Å². The molecule has 3 heterocycles. The number of para-hydroxylation sites is 1. The number of aromatic amines is 1. The molecule has 1 unspecified atom stereocenters. The molecule has 0 saturated heterocycles. The van der Waals surface area contributed by atoms with Gasteiger partial charge in [-0.3, -0.25) is 29.7 Å². The minimum absolute atomic E-state index is 0.0522. The van der Waals surface area contributed by atoms with E-state index in [0.29, 0.717) is 16.2 Å². The van der Waals surface area contributed by atoms with Crippen molar-refractivity contribution in [3.05, 3.63) is 90.8 Å². The van der Waals surface area contributed by atoms with Crippen molar-refractivity contribution in [3.8, 4) is 11.4 Å². The summed E-state index contributed by atoms with van der Waals surface area (Å²) in [5.74, 6) is -2.04. The Bertz CT molecular complexity index is 1440. The van der Waals surface area contributed by atoms with Crippen LogP contribution < -0.4 is 4.90 Å². The number of halogens is 3. The molecule has 0 aliphatic heterocycles. The maximum Gasteiger partial charge on any atom is 0.471 e. The second kappa shape index (κ2) is 12.1.